The first-order valence-corrected chi connectivity index (χ1v) is 5.80. The number of carbonyl (C=O) groups excluding carboxylic acids is 1. The van der Waals surface area contributed by atoms with Crippen LogP contribution in [-0.2, 0) is 4.79 Å². The van der Waals surface area contributed by atoms with E-state index in [9.17, 15) is 9.59 Å². The van der Waals surface area contributed by atoms with Gasteiger partial charge in [0.2, 0.25) is 0 Å². The SMILES string of the molecule is CCNC(=O)C(C)Oc1ccc(Cl)cc1C(=O)O. The summed E-state index contributed by atoms with van der Waals surface area (Å²) in [5.74, 6) is -1.34. The Labute approximate surface area is 110 Å². The molecule has 0 aliphatic heterocycles. The van der Waals surface area contributed by atoms with E-state index in [1.165, 1.54) is 18.2 Å². The molecule has 0 radical (unpaired) electrons. The van der Waals surface area contributed by atoms with E-state index < -0.39 is 12.1 Å². The summed E-state index contributed by atoms with van der Waals surface area (Å²) in [5, 5.41) is 11.9. The minimum Gasteiger partial charge on any atom is -0.480 e. The first kappa shape index (κ1) is 14.3. The molecule has 0 heterocycles. The Morgan fingerprint density at radius 1 is 1.50 bits per heavy atom. The molecule has 0 saturated heterocycles. The summed E-state index contributed by atoms with van der Waals surface area (Å²) in [4.78, 5) is 22.5. The van der Waals surface area contributed by atoms with Crippen LogP contribution in [0.4, 0.5) is 0 Å². The number of carbonyl (C=O) groups is 2. The zero-order valence-electron chi connectivity index (χ0n) is 10.1. The summed E-state index contributed by atoms with van der Waals surface area (Å²) in [7, 11) is 0. The predicted octanol–water partition coefficient (Wildman–Crippen LogP) is 1.94. The Bertz CT molecular complexity index is 461. The van der Waals surface area contributed by atoms with Gasteiger partial charge in [-0.15, -0.1) is 0 Å². The van der Waals surface area contributed by atoms with Crippen molar-refractivity contribution in [1.29, 1.82) is 0 Å². The minimum absolute atomic E-state index is 0.0707. The van der Waals surface area contributed by atoms with E-state index in [-0.39, 0.29) is 17.2 Å². The number of rotatable bonds is 5. The van der Waals surface area contributed by atoms with Crippen molar-refractivity contribution in [3.63, 3.8) is 0 Å². The molecule has 0 fully saturated rings. The van der Waals surface area contributed by atoms with Crippen LogP contribution in [0.2, 0.25) is 5.02 Å². The Morgan fingerprint density at radius 3 is 2.72 bits per heavy atom. The Morgan fingerprint density at radius 2 is 2.17 bits per heavy atom. The van der Waals surface area contributed by atoms with Gasteiger partial charge in [-0.25, -0.2) is 4.79 Å². The number of amides is 1. The molecular weight excluding hydrogens is 258 g/mol. The van der Waals surface area contributed by atoms with Gasteiger partial charge in [-0.3, -0.25) is 4.79 Å². The zero-order chi connectivity index (χ0) is 13.7. The van der Waals surface area contributed by atoms with Crippen LogP contribution in [0.1, 0.15) is 24.2 Å². The number of hydrogen-bond acceptors (Lipinski definition) is 3. The molecule has 1 atom stereocenters. The highest BCUT2D eigenvalue weighted by molar-refractivity contribution is 6.31. The third-order valence-corrected chi connectivity index (χ3v) is 2.43. The number of halogens is 1. The minimum atomic E-state index is -1.16. The Hall–Kier alpha value is -1.75. The van der Waals surface area contributed by atoms with Crippen LogP contribution in [0.3, 0.4) is 0 Å². The van der Waals surface area contributed by atoms with Gasteiger partial charge in [0.25, 0.3) is 5.91 Å². The molecule has 1 aromatic carbocycles. The number of benzene rings is 1. The lowest BCUT2D eigenvalue weighted by molar-refractivity contribution is -0.127. The average molecular weight is 272 g/mol. The first-order chi connectivity index (χ1) is 8.45. The van der Waals surface area contributed by atoms with Crippen molar-refractivity contribution in [1.82, 2.24) is 5.32 Å². The van der Waals surface area contributed by atoms with Crippen molar-refractivity contribution in [3.05, 3.63) is 28.8 Å². The van der Waals surface area contributed by atoms with E-state index in [4.69, 9.17) is 21.4 Å². The maximum absolute atomic E-state index is 11.5. The molecule has 18 heavy (non-hydrogen) atoms. The summed E-state index contributed by atoms with van der Waals surface area (Å²) >= 11 is 5.71. The third kappa shape index (κ3) is 3.63. The maximum atomic E-state index is 11.5. The fourth-order valence-electron chi connectivity index (χ4n) is 1.33. The van der Waals surface area contributed by atoms with Crippen molar-refractivity contribution in [2.75, 3.05) is 6.54 Å². The first-order valence-electron chi connectivity index (χ1n) is 5.43. The van der Waals surface area contributed by atoms with Crippen LogP contribution in [0.25, 0.3) is 0 Å². The summed E-state index contributed by atoms with van der Waals surface area (Å²) in [6.45, 7) is 3.82. The van der Waals surface area contributed by atoms with E-state index in [0.717, 1.165) is 0 Å². The van der Waals surface area contributed by atoms with Crippen molar-refractivity contribution in [3.8, 4) is 5.75 Å². The fraction of sp³-hybridized carbons (Fsp3) is 0.333. The van der Waals surface area contributed by atoms with Crippen LogP contribution < -0.4 is 10.1 Å². The zero-order valence-corrected chi connectivity index (χ0v) is 10.8. The Balaban J connectivity index is 2.90. The number of ether oxygens (including phenoxy) is 1. The Kier molecular flexibility index (Phi) is 4.97. The highest BCUT2D eigenvalue weighted by Crippen LogP contribution is 2.23. The van der Waals surface area contributed by atoms with Gasteiger partial charge in [0.1, 0.15) is 11.3 Å². The second-order valence-corrected chi connectivity index (χ2v) is 4.04. The van der Waals surface area contributed by atoms with Gasteiger partial charge < -0.3 is 15.2 Å². The van der Waals surface area contributed by atoms with E-state index in [0.29, 0.717) is 11.6 Å². The van der Waals surface area contributed by atoms with Gasteiger partial charge in [-0.05, 0) is 32.0 Å². The predicted molar refractivity (Wildman–Crippen MR) is 67.2 cm³/mol. The van der Waals surface area contributed by atoms with E-state index >= 15 is 0 Å². The molecule has 5 nitrogen and oxygen atoms in total. The molecule has 0 aliphatic rings. The molecule has 6 heteroatoms. The van der Waals surface area contributed by atoms with Gasteiger partial charge in [-0.1, -0.05) is 11.6 Å². The van der Waals surface area contributed by atoms with Crippen molar-refractivity contribution in [2.24, 2.45) is 0 Å². The van der Waals surface area contributed by atoms with Crippen LogP contribution in [-0.4, -0.2) is 29.6 Å². The molecule has 2 N–H and O–H groups in total. The second-order valence-electron chi connectivity index (χ2n) is 3.60. The third-order valence-electron chi connectivity index (χ3n) is 2.20. The van der Waals surface area contributed by atoms with Crippen LogP contribution in [0.5, 0.6) is 5.75 Å². The highest BCUT2D eigenvalue weighted by atomic mass is 35.5. The number of hydrogen-bond donors (Lipinski definition) is 2. The van der Waals surface area contributed by atoms with Crippen molar-refractivity contribution < 1.29 is 19.4 Å². The summed E-state index contributed by atoms with van der Waals surface area (Å²) < 4.78 is 5.32. The number of aromatic carboxylic acids is 1. The summed E-state index contributed by atoms with van der Waals surface area (Å²) in [6.07, 6.45) is -0.774. The lowest BCUT2D eigenvalue weighted by Gasteiger charge is -2.15. The number of carboxylic acids is 1. The molecule has 0 aromatic heterocycles. The summed E-state index contributed by atoms with van der Waals surface area (Å²) in [6, 6.07) is 4.22. The van der Waals surface area contributed by atoms with Gasteiger partial charge in [0.15, 0.2) is 6.10 Å². The molecule has 98 valence electrons. The van der Waals surface area contributed by atoms with Crippen LogP contribution in [0.15, 0.2) is 18.2 Å². The largest absolute Gasteiger partial charge is 0.480 e. The maximum Gasteiger partial charge on any atom is 0.339 e. The van der Waals surface area contributed by atoms with Gasteiger partial charge in [-0.2, -0.15) is 0 Å². The topological polar surface area (TPSA) is 75.6 Å². The molecule has 1 amide bonds. The molecule has 0 bridgehead atoms. The molecule has 0 spiro atoms. The van der Waals surface area contributed by atoms with Crippen LogP contribution in [0, 0.1) is 0 Å². The lowest BCUT2D eigenvalue weighted by atomic mass is 10.2. The molecule has 0 saturated carbocycles. The number of carboxylic acid groups (broad SMARTS) is 1. The normalized spacial score (nSPS) is 11.7. The molecule has 1 aromatic rings. The number of likely N-dealkylation sites (N-methyl/N-ethyl adjacent to an activating group) is 1. The number of nitrogens with one attached hydrogen (secondary N) is 1. The lowest BCUT2D eigenvalue weighted by Crippen LogP contribution is -2.36. The van der Waals surface area contributed by atoms with Crippen molar-refractivity contribution >= 4 is 23.5 Å². The highest BCUT2D eigenvalue weighted by Gasteiger charge is 2.18. The smallest absolute Gasteiger partial charge is 0.339 e. The monoisotopic (exact) mass is 271 g/mol. The average Bonchev–Trinajstić information content (AvgIpc) is 2.31. The van der Waals surface area contributed by atoms with Gasteiger partial charge in [0, 0.05) is 11.6 Å². The molecule has 0 aliphatic carbocycles. The van der Waals surface area contributed by atoms with Crippen LogP contribution >= 0.6 is 11.6 Å². The van der Waals surface area contributed by atoms with E-state index in [1.54, 1.807) is 13.8 Å². The van der Waals surface area contributed by atoms with Crippen molar-refractivity contribution in [2.45, 2.75) is 20.0 Å². The molecule has 1 unspecified atom stereocenters. The standard InChI is InChI=1S/C12H14ClNO4/c1-3-14-11(15)7(2)18-10-5-4-8(13)6-9(10)12(16)17/h4-7H,3H2,1-2H3,(H,14,15)(H,16,17). The van der Waals surface area contributed by atoms with Gasteiger partial charge >= 0.3 is 5.97 Å². The van der Waals surface area contributed by atoms with Gasteiger partial charge in [0.05, 0.1) is 0 Å². The molecular formula is C12H14ClNO4. The van der Waals surface area contributed by atoms with E-state index in [1.807, 2.05) is 0 Å². The fourth-order valence-corrected chi connectivity index (χ4v) is 1.51. The summed E-state index contributed by atoms with van der Waals surface area (Å²) in [5.41, 5.74) is -0.0707. The molecule has 1 rings (SSSR count). The van der Waals surface area contributed by atoms with E-state index in [2.05, 4.69) is 5.32 Å². The quantitative estimate of drug-likeness (QED) is 0.858. The second kappa shape index (κ2) is 6.26.